The number of carbonyl (C=O) groups excluding carboxylic acids is 2. The molecule has 0 spiro atoms. The molecule has 0 aliphatic heterocycles. The van der Waals surface area contributed by atoms with Crippen LogP contribution in [0.5, 0.6) is 0 Å². The van der Waals surface area contributed by atoms with Crippen LogP contribution in [-0.4, -0.2) is 28.9 Å². The lowest BCUT2D eigenvalue weighted by molar-refractivity contribution is -0.121. The summed E-state index contributed by atoms with van der Waals surface area (Å²) in [5.41, 5.74) is 0.401. The van der Waals surface area contributed by atoms with Gasteiger partial charge in [-0.15, -0.1) is 0 Å². The Labute approximate surface area is 133 Å². The number of carbonyl (C=O) groups is 2. The van der Waals surface area contributed by atoms with Crippen molar-refractivity contribution >= 4 is 11.9 Å². The van der Waals surface area contributed by atoms with Gasteiger partial charge in [0.05, 0.1) is 6.54 Å². The number of hydrogen-bond donors (Lipinski definition) is 0. The van der Waals surface area contributed by atoms with Gasteiger partial charge in [0.1, 0.15) is 5.60 Å². The van der Waals surface area contributed by atoms with E-state index in [0.29, 0.717) is 13.0 Å². The molecule has 0 unspecified atom stereocenters. The summed E-state index contributed by atoms with van der Waals surface area (Å²) < 4.78 is 5.41. The summed E-state index contributed by atoms with van der Waals surface area (Å²) in [5.74, 6) is 0.335. The van der Waals surface area contributed by atoms with Gasteiger partial charge in [-0.25, -0.2) is 4.79 Å². The summed E-state index contributed by atoms with van der Waals surface area (Å²) in [6, 6.07) is 9.62. The van der Waals surface area contributed by atoms with E-state index >= 15 is 0 Å². The largest absolute Gasteiger partial charge is 0.444 e. The molecular formula is C18H27NO3. The molecule has 0 saturated carbocycles. The van der Waals surface area contributed by atoms with Crippen LogP contribution < -0.4 is 0 Å². The van der Waals surface area contributed by atoms with Crippen molar-refractivity contribution in [2.24, 2.45) is 5.92 Å². The van der Waals surface area contributed by atoms with Crippen LogP contribution in [0.15, 0.2) is 30.3 Å². The smallest absolute Gasteiger partial charge is 0.410 e. The Bertz CT molecular complexity index is 489. The van der Waals surface area contributed by atoms with Gasteiger partial charge in [0, 0.05) is 13.0 Å². The predicted molar refractivity (Wildman–Crippen MR) is 87.5 cm³/mol. The topological polar surface area (TPSA) is 46.6 Å². The molecule has 0 radical (unpaired) electrons. The first kappa shape index (κ1) is 18.2. The van der Waals surface area contributed by atoms with E-state index in [1.807, 2.05) is 65.0 Å². The van der Waals surface area contributed by atoms with E-state index in [4.69, 9.17) is 4.74 Å². The zero-order valence-electron chi connectivity index (χ0n) is 14.3. The summed E-state index contributed by atoms with van der Waals surface area (Å²) in [5, 5.41) is 0. The van der Waals surface area contributed by atoms with Gasteiger partial charge in [0.25, 0.3) is 0 Å². The first-order valence-corrected chi connectivity index (χ1v) is 7.71. The van der Waals surface area contributed by atoms with Gasteiger partial charge in [-0.2, -0.15) is 0 Å². The number of hydrogen-bond acceptors (Lipinski definition) is 3. The molecule has 0 fully saturated rings. The van der Waals surface area contributed by atoms with Crippen molar-refractivity contribution in [3.8, 4) is 0 Å². The van der Waals surface area contributed by atoms with Crippen LogP contribution in [0.2, 0.25) is 0 Å². The lowest BCUT2D eigenvalue weighted by Gasteiger charge is -2.27. The Balaban J connectivity index is 2.80. The molecule has 0 aromatic heterocycles. The van der Waals surface area contributed by atoms with E-state index in [-0.39, 0.29) is 18.2 Å². The number of ether oxygens (including phenoxy) is 1. The maximum Gasteiger partial charge on any atom is 0.410 e. The van der Waals surface area contributed by atoms with E-state index in [0.717, 1.165) is 5.56 Å². The minimum Gasteiger partial charge on any atom is -0.444 e. The van der Waals surface area contributed by atoms with E-state index in [9.17, 15) is 9.59 Å². The van der Waals surface area contributed by atoms with Crippen LogP contribution in [0, 0.1) is 5.92 Å². The second kappa shape index (κ2) is 7.97. The highest BCUT2D eigenvalue weighted by molar-refractivity contribution is 5.84. The predicted octanol–water partition coefficient (Wildman–Crippen LogP) is 4.04. The highest BCUT2D eigenvalue weighted by Crippen LogP contribution is 2.13. The van der Waals surface area contributed by atoms with E-state index in [2.05, 4.69) is 0 Å². The standard InChI is InChI=1S/C18H27NO3/c1-14(2)11-16(20)13-19(17(21)22-18(3,4)5)12-15-9-7-6-8-10-15/h6-10,14H,11-13H2,1-5H3. The molecule has 4 nitrogen and oxygen atoms in total. The van der Waals surface area contributed by atoms with Gasteiger partial charge < -0.3 is 4.74 Å². The van der Waals surface area contributed by atoms with Crippen LogP contribution in [-0.2, 0) is 16.1 Å². The molecule has 0 bridgehead atoms. The summed E-state index contributed by atoms with van der Waals surface area (Å²) in [6.45, 7) is 9.91. The van der Waals surface area contributed by atoms with Crippen molar-refractivity contribution in [1.82, 2.24) is 4.90 Å². The lowest BCUT2D eigenvalue weighted by atomic mass is 10.1. The molecule has 22 heavy (non-hydrogen) atoms. The fraction of sp³-hybridized carbons (Fsp3) is 0.556. The number of nitrogens with zero attached hydrogens (tertiary/aromatic N) is 1. The zero-order chi connectivity index (χ0) is 16.8. The molecule has 0 saturated heterocycles. The van der Waals surface area contributed by atoms with Gasteiger partial charge in [-0.1, -0.05) is 44.2 Å². The van der Waals surface area contributed by atoms with E-state index < -0.39 is 11.7 Å². The number of rotatable bonds is 6. The van der Waals surface area contributed by atoms with E-state index in [1.165, 1.54) is 4.90 Å². The summed E-state index contributed by atoms with van der Waals surface area (Å²) in [4.78, 5) is 25.9. The maximum absolute atomic E-state index is 12.3. The van der Waals surface area contributed by atoms with Crippen LogP contribution in [0.25, 0.3) is 0 Å². The van der Waals surface area contributed by atoms with Crippen molar-refractivity contribution in [3.05, 3.63) is 35.9 Å². The van der Waals surface area contributed by atoms with Crippen LogP contribution in [0.1, 0.15) is 46.6 Å². The van der Waals surface area contributed by atoms with Gasteiger partial charge in [-0.05, 0) is 32.3 Å². The first-order valence-electron chi connectivity index (χ1n) is 7.71. The normalized spacial score (nSPS) is 11.4. The Hall–Kier alpha value is -1.84. The monoisotopic (exact) mass is 305 g/mol. The van der Waals surface area contributed by atoms with E-state index in [1.54, 1.807) is 0 Å². The molecule has 1 amide bonds. The van der Waals surface area contributed by atoms with Crippen LogP contribution in [0.3, 0.4) is 0 Å². The quantitative estimate of drug-likeness (QED) is 0.797. The molecule has 1 aromatic rings. The lowest BCUT2D eigenvalue weighted by Crippen LogP contribution is -2.39. The number of ketones is 1. The number of Topliss-reactive ketones (excluding diaryl/α,β-unsaturated/α-hetero) is 1. The molecule has 0 atom stereocenters. The molecule has 1 aromatic carbocycles. The van der Waals surface area contributed by atoms with Crippen molar-refractivity contribution in [2.45, 2.75) is 53.2 Å². The summed E-state index contributed by atoms with van der Waals surface area (Å²) in [7, 11) is 0. The average Bonchev–Trinajstić information content (AvgIpc) is 2.36. The average molecular weight is 305 g/mol. The fourth-order valence-corrected chi connectivity index (χ4v) is 2.05. The third kappa shape index (κ3) is 7.25. The molecule has 122 valence electrons. The van der Waals surface area contributed by atoms with Gasteiger partial charge in [0.2, 0.25) is 0 Å². The molecule has 1 rings (SSSR count). The molecule has 0 aliphatic rings. The highest BCUT2D eigenvalue weighted by atomic mass is 16.6. The summed E-state index contributed by atoms with van der Waals surface area (Å²) in [6.07, 6.45) is 0.0159. The van der Waals surface area contributed by atoms with Gasteiger partial charge >= 0.3 is 6.09 Å². The Kier molecular flexibility index (Phi) is 6.60. The zero-order valence-corrected chi connectivity index (χ0v) is 14.3. The molecule has 4 heteroatoms. The first-order chi connectivity index (χ1) is 10.2. The second-order valence-corrected chi connectivity index (χ2v) is 6.96. The van der Waals surface area contributed by atoms with Gasteiger partial charge in [-0.3, -0.25) is 9.69 Å². The molecular weight excluding hydrogens is 278 g/mol. The van der Waals surface area contributed by atoms with Crippen LogP contribution >= 0.6 is 0 Å². The number of benzene rings is 1. The van der Waals surface area contributed by atoms with Crippen molar-refractivity contribution in [2.75, 3.05) is 6.54 Å². The van der Waals surface area contributed by atoms with Gasteiger partial charge in [0.15, 0.2) is 5.78 Å². The fourth-order valence-electron chi connectivity index (χ4n) is 2.05. The summed E-state index contributed by atoms with van der Waals surface area (Å²) >= 11 is 0. The molecule has 0 heterocycles. The third-order valence-electron chi connectivity index (χ3n) is 2.87. The number of amides is 1. The Morgan fingerprint density at radius 2 is 1.73 bits per heavy atom. The highest BCUT2D eigenvalue weighted by Gasteiger charge is 2.24. The molecule has 0 N–H and O–H groups in total. The third-order valence-corrected chi connectivity index (χ3v) is 2.87. The van der Waals surface area contributed by atoms with Crippen molar-refractivity contribution in [3.63, 3.8) is 0 Å². The Morgan fingerprint density at radius 1 is 1.14 bits per heavy atom. The minimum absolute atomic E-state index is 0.0526. The van der Waals surface area contributed by atoms with Crippen molar-refractivity contribution < 1.29 is 14.3 Å². The minimum atomic E-state index is -0.576. The molecule has 0 aliphatic carbocycles. The maximum atomic E-state index is 12.3. The van der Waals surface area contributed by atoms with Crippen LogP contribution in [0.4, 0.5) is 4.79 Å². The van der Waals surface area contributed by atoms with Crippen molar-refractivity contribution in [1.29, 1.82) is 0 Å². The second-order valence-electron chi connectivity index (χ2n) is 6.96. The Morgan fingerprint density at radius 3 is 2.23 bits per heavy atom. The SMILES string of the molecule is CC(C)CC(=O)CN(Cc1ccccc1)C(=O)OC(C)(C)C.